The summed E-state index contributed by atoms with van der Waals surface area (Å²) in [5, 5.41) is 0. The van der Waals surface area contributed by atoms with Crippen LogP contribution >= 0.6 is 15.9 Å². The Labute approximate surface area is 102 Å². The number of hydrogen-bond donors (Lipinski definition) is 1. The molecular weight excluding hydrogens is 277 g/mol. The zero-order chi connectivity index (χ0) is 12.3. The molecule has 0 saturated carbocycles. The number of carbonyl (C=O) groups is 1. The van der Waals surface area contributed by atoms with Gasteiger partial charge in [0.15, 0.2) is 5.54 Å². The van der Waals surface area contributed by atoms with Gasteiger partial charge in [0.2, 0.25) is 0 Å². The molecule has 2 atom stereocenters. The highest BCUT2D eigenvalue weighted by Gasteiger charge is 2.43. The van der Waals surface area contributed by atoms with Crippen LogP contribution in [-0.2, 0) is 15.1 Å². The fourth-order valence-corrected chi connectivity index (χ4v) is 1.67. The molecule has 2 unspecified atom stereocenters. The smallest absolute Gasteiger partial charge is 0.333 e. The summed E-state index contributed by atoms with van der Waals surface area (Å²) < 4.78 is 18.9. The van der Waals surface area contributed by atoms with Crippen molar-refractivity contribution in [3.63, 3.8) is 0 Å². The van der Waals surface area contributed by atoms with E-state index >= 15 is 0 Å². The first-order valence-corrected chi connectivity index (χ1v) is 5.49. The average molecular weight is 290 g/mol. The van der Waals surface area contributed by atoms with E-state index in [0.717, 1.165) is 4.47 Å². The summed E-state index contributed by atoms with van der Waals surface area (Å²) in [7, 11) is 1.19. The molecular formula is C11H13BrFNO2. The monoisotopic (exact) mass is 289 g/mol. The molecule has 1 aromatic rings. The maximum atomic E-state index is 13.5. The van der Waals surface area contributed by atoms with E-state index in [9.17, 15) is 9.18 Å². The molecule has 0 amide bonds. The number of esters is 1. The standard InChI is InChI=1S/C11H13BrFNO2/c1-7(13)11(14,10(15)16-2)8-3-5-9(12)6-4-8/h3-7H,14H2,1-2H3. The largest absolute Gasteiger partial charge is 0.467 e. The molecule has 1 rings (SSSR count). The highest BCUT2D eigenvalue weighted by atomic mass is 79.9. The maximum absolute atomic E-state index is 13.5. The number of ether oxygens (including phenoxy) is 1. The molecule has 16 heavy (non-hydrogen) atoms. The lowest BCUT2D eigenvalue weighted by Crippen LogP contribution is -2.52. The predicted molar refractivity (Wildman–Crippen MR) is 62.6 cm³/mol. The van der Waals surface area contributed by atoms with Crippen LogP contribution in [-0.4, -0.2) is 19.3 Å². The zero-order valence-corrected chi connectivity index (χ0v) is 10.6. The summed E-state index contributed by atoms with van der Waals surface area (Å²) >= 11 is 3.25. The van der Waals surface area contributed by atoms with Crippen molar-refractivity contribution in [2.45, 2.75) is 18.6 Å². The Balaban J connectivity index is 3.21. The molecule has 0 aliphatic carbocycles. The quantitative estimate of drug-likeness (QED) is 0.868. The lowest BCUT2D eigenvalue weighted by atomic mass is 9.87. The van der Waals surface area contributed by atoms with Crippen LogP contribution in [0.1, 0.15) is 12.5 Å². The third-order valence-electron chi connectivity index (χ3n) is 2.47. The summed E-state index contributed by atoms with van der Waals surface area (Å²) in [6, 6.07) is 6.58. The van der Waals surface area contributed by atoms with Crippen LogP contribution in [0, 0.1) is 0 Å². The first-order chi connectivity index (χ1) is 7.42. The number of alkyl halides is 1. The minimum absolute atomic E-state index is 0.387. The van der Waals surface area contributed by atoms with Crippen molar-refractivity contribution < 1.29 is 13.9 Å². The summed E-state index contributed by atoms with van der Waals surface area (Å²) in [6.45, 7) is 1.24. The molecule has 0 fully saturated rings. The first-order valence-electron chi connectivity index (χ1n) is 4.70. The Kier molecular flexibility index (Phi) is 4.04. The first kappa shape index (κ1) is 13.1. The lowest BCUT2D eigenvalue weighted by Gasteiger charge is -2.28. The Morgan fingerprint density at radius 3 is 2.38 bits per heavy atom. The van der Waals surface area contributed by atoms with Gasteiger partial charge >= 0.3 is 5.97 Å². The van der Waals surface area contributed by atoms with Crippen LogP contribution in [0.5, 0.6) is 0 Å². The van der Waals surface area contributed by atoms with E-state index in [2.05, 4.69) is 20.7 Å². The second-order valence-corrected chi connectivity index (χ2v) is 4.40. The molecule has 0 radical (unpaired) electrons. The van der Waals surface area contributed by atoms with E-state index in [4.69, 9.17) is 5.73 Å². The van der Waals surface area contributed by atoms with Gasteiger partial charge in [0.1, 0.15) is 6.17 Å². The molecule has 0 aromatic heterocycles. The van der Waals surface area contributed by atoms with Gasteiger partial charge in [-0.1, -0.05) is 28.1 Å². The Hall–Kier alpha value is -0.940. The van der Waals surface area contributed by atoms with Crippen molar-refractivity contribution in [1.82, 2.24) is 0 Å². The van der Waals surface area contributed by atoms with Crippen molar-refractivity contribution >= 4 is 21.9 Å². The number of carbonyl (C=O) groups excluding carboxylic acids is 1. The number of benzene rings is 1. The summed E-state index contributed by atoms with van der Waals surface area (Å²) in [5.74, 6) is -0.787. The molecule has 0 aliphatic rings. The zero-order valence-electron chi connectivity index (χ0n) is 9.04. The van der Waals surface area contributed by atoms with Crippen LogP contribution in [0.2, 0.25) is 0 Å². The third kappa shape index (κ3) is 2.25. The fraction of sp³-hybridized carbons (Fsp3) is 0.364. The van der Waals surface area contributed by atoms with E-state index in [1.54, 1.807) is 24.3 Å². The Morgan fingerprint density at radius 1 is 1.50 bits per heavy atom. The van der Waals surface area contributed by atoms with Crippen LogP contribution in [0.25, 0.3) is 0 Å². The van der Waals surface area contributed by atoms with Crippen molar-refractivity contribution in [2.24, 2.45) is 5.73 Å². The normalized spacial score (nSPS) is 16.3. The van der Waals surface area contributed by atoms with E-state index in [1.165, 1.54) is 14.0 Å². The summed E-state index contributed by atoms with van der Waals surface area (Å²) in [4.78, 5) is 11.6. The number of halogens is 2. The van der Waals surface area contributed by atoms with E-state index in [0.29, 0.717) is 5.56 Å². The minimum Gasteiger partial charge on any atom is -0.467 e. The molecule has 0 spiro atoms. The number of methoxy groups -OCH3 is 1. The lowest BCUT2D eigenvalue weighted by molar-refractivity contribution is -0.150. The van der Waals surface area contributed by atoms with E-state index in [1.807, 2.05) is 0 Å². The molecule has 0 aliphatic heterocycles. The number of rotatable bonds is 3. The fourth-order valence-electron chi connectivity index (χ4n) is 1.40. The maximum Gasteiger partial charge on any atom is 0.333 e. The SMILES string of the molecule is COC(=O)C(N)(c1ccc(Br)cc1)C(C)F. The van der Waals surface area contributed by atoms with Crippen molar-refractivity contribution in [2.75, 3.05) is 7.11 Å². The molecule has 88 valence electrons. The van der Waals surface area contributed by atoms with Crippen LogP contribution < -0.4 is 5.73 Å². The predicted octanol–water partition coefficient (Wildman–Crippen LogP) is 2.13. The molecule has 0 bridgehead atoms. The number of nitrogens with two attached hydrogens (primary N) is 1. The molecule has 2 N–H and O–H groups in total. The second kappa shape index (κ2) is 4.93. The molecule has 5 heteroatoms. The highest BCUT2D eigenvalue weighted by molar-refractivity contribution is 9.10. The molecule has 0 heterocycles. The van der Waals surface area contributed by atoms with Gasteiger partial charge in [-0.15, -0.1) is 0 Å². The highest BCUT2D eigenvalue weighted by Crippen LogP contribution is 2.27. The van der Waals surface area contributed by atoms with Gasteiger partial charge in [-0.25, -0.2) is 9.18 Å². The summed E-state index contributed by atoms with van der Waals surface area (Å²) in [6.07, 6.45) is -1.54. The second-order valence-electron chi connectivity index (χ2n) is 3.48. The van der Waals surface area contributed by atoms with Crippen LogP contribution in [0.15, 0.2) is 28.7 Å². The van der Waals surface area contributed by atoms with Gasteiger partial charge in [-0.3, -0.25) is 0 Å². The van der Waals surface area contributed by atoms with Crippen LogP contribution in [0.4, 0.5) is 4.39 Å². The molecule has 3 nitrogen and oxygen atoms in total. The average Bonchev–Trinajstić information content (AvgIpc) is 2.27. The van der Waals surface area contributed by atoms with Gasteiger partial charge in [-0.05, 0) is 24.6 Å². The van der Waals surface area contributed by atoms with Crippen molar-refractivity contribution in [3.8, 4) is 0 Å². The Morgan fingerprint density at radius 2 is 2.00 bits per heavy atom. The van der Waals surface area contributed by atoms with E-state index < -0.39 is 17.7 Å². The number of hydrogen-bond acceptors (Lipinski definition) is 3. The van der Waals surface area contributed by atoms with E-state index in [-0.39, 0.29) is 0 Å². The molecule has 1 aromatic carbocycles. The minimum atomic E-state index is -1.75. The van der Waals surface area contributed by atoms with Gasteiger partial charge in [0.25, 0.3) is 0 Å². The third-order valence-corrected chi connectivity index (χ3v) is 3.00. The van der Waals surface area contributed by atoms with Crippen LogP contribution in [0.3, 0.4) is 0 Å². The van der Waals surface area contributed by atoms with Crippen molar-refractivity contribution in [3.05, 3.63) is 34.3 Å². The van der Waals surface area contributed by atoms with Gasteiger partial charge in [0.05, 0.1) is 7.11 Å². The summed E-state index contributed by atoms with van der Waals surface area (Å²) in [5.41, 5.74) is 4.43. The Bertz CT molecular complexity index is 380. The van der Waals surface area contributed by atoms with Gasteiger partial charge in [-0.2, -0.15) is 0 Å². The van der Waals surface area contributed by atoms with Gasteiger partial charge in [0, 0.05) is 4.47 Å². The topological polar surface area (TPSA) is 52.3 Å². The molecule has 0 saturated heterocycles. The van der Waals surface area contributed by atoms with Gasteiger partial charge < -0.3 is 10.5 Å². The van der Waals surface area contributed by atoms with Crippen molar-refractivity contribution in [1.29, 1.82) is 0 Å².